The van der Waals surface area contributed by atoms with Crippen molar-refractivity contribution >= 4 is 51.1 Å². The number of carbonyl (C=O) groups excluding carboxylic acids is 1. The highest BCUT2D eigenvalue weighted by Gasteiger charge is 2.24. The zero-order valence-corrected chi connectivity index (χ0v) is 14.7. The second-order valence-corrected chi connectivity index (χ2v) is 6.62. The van der Waals surface area contributed by atoms with Crippen LogP contribution in [0.2, 0.25) is 0 Å². The van der Waals surface area contributed by atoms with Gasteiger partial charge in [-0.3, -0.25) is 9.78 Å². The number of aromatic nitrogens is 1. The van der Waals surface area contributed by atoms with E-state index in [9.17, 15) is 4.79 Å². The quantitative estimate of drug-likeness (QED) is 0.650. The van der Waals surface area contributed by atoms with Gasteiger partial charge in [0, 0.05) is 31.6 Å². The fourth-order valence-electron chi connectivity index (χ4n) is 1.77. The number of amides is 1. The van der Waals surface area contributed by atoms with Crippen molar-refractivity contribution in [2.45, 2.75) is 39.8 Å². The van der Waals surface area contributed by atoms with Crippen molar-refractivity contribution in [1.29, 1.82) is 0 Å². The zero-order valence-electron chi connectivity index (χ0n) is 10.4. The van der Waals surface area contributed by atoms with E-state index in [1.54, 1.807) is 12.4 Å². The highest BCUT2D eigenvalue weighted by atomic mass is 127. The lowest BCUT2D eigenvalue weighted by Crippen LogP contribution is -2.42. The van der Waals surface area contributed by atoms with Gasteiger partial charge >= 0.3 is 0 Å². The van der Waals surface area contributed by atoms with Crippen molar-refractivity contribution in [2.24, 2.45) is 0 Å². The maximum absolute atomic E-state index is 12.5. The summed E-state index contributed by atoms with van der Waals surface area (Å²) < 4.78 is 2.00. The van der Waals surface area contributed by atoms with Crippen LogP contribution in [0.3, 0.4) is 0 Å². The van der Waals surface area contributed by atoms with E-state index in [1.165, 1.54) is 0 Å². The van der Waals surface area contributed by atoms with Crippen molar-refractivity contribution in [2.75, 3.05) is 0 Å². The van der Waals surface area contributed by atoms with Gasteiger partial charge in [-0.1, -0.05) is 0 Å². The van der Waals surface area contributed by atoms with E-state index in [0.717, 1.165) is 7.14 Å². The van der Waals surface area contributed by atoms with Crippen LogP contribution < -0.4 is 0 Å². The first-order valence-corrected chi connectivity index (χ1v) is 7.63. The van der Waals surface area contributed by atoms with Crippen LogP contribution in [0.15, 0.2) is 12.4 Å². The lowest BCUT2D eigenvalue weighted by atomic mass is 10.1. The van der Waals surface area contributed by atoms with Crippen molar-refractivity contribution in [3.05, 3.63) is 25.1 Å². The molecule has 94 valence electrons. The first-order chi connectivity index (χ1) is 7.86. The summed E-state index contributed by atoms with van der Waals surface area (Å²) >= 11 is 4.41. The van der Waals surface area contributed by atoms with Crippen molar-refractivity contribution in [3.8, 4) is 0 Å². The van der Waals surface area contributed by atoms with Crippen molar-refractivity contribution in [3.63, 3.8) is 0 Å². The number of rotatable bonds is 3. The molecule has 0 unspecified atom stereocenters. The molecule has 0 bridgehead atoms. The Labute approximate surface area is 130 Å². The minimum Gasteiger partial charge on any atom is -0.334 e. The van der Waals surface area contributed by atoms with Crippen LogP contribution in [-0.2, 0) is 0 Å². The Balaban J connectivity index is 3.15. The number of hydrogen-bond acceptors (Lipinski definition) is 2. The molecule has 0 spiro atoms. The van der Waals surface area contributed by atoms with Crippen LogP contribution in [0.5, 0.6) is 0 Å². The molecule has 1 rings (SSSR count). The maximum atomic E-state index is 12.5. The average Bonchev–Trinajstić information content (AvgIpc) is 2.20. The molecule has 0 N–H and O–H groups in total. The lowest BCUT2D eigenvalue weighted by molar-refractivity contribution is 0.0642. The van der Waals surface area contributed by atoms with Gasteiger partial charge < -0.3 is 4.90 Å². The monoisotopic (exact) mass is 458 g/mol. The predicted octanol–water partition coefficient (Wildman–Crippen LogP) is 3.55. The van der Waals surface area contributed by atoms with Crippen LogP contribution in [0, 0.1) is 7.14 Å². The topological polar surface area (TPSA) is 33.2 Å². The van der Waals surface area contributed by atoms with E-state index in [-0.39, 0.29) is 18.0 Å². The molecular weight excluding hydrogens is 442 g/mol. The Morgan fingerprint density at radius 2 is 1.71 bits per heavy atom. The third kappa shape index (κ3) is 3.52. The summed E-state index contributed by atoms with van der Waals surface area (Å²) in [7, 11) is 0. The van der Waals surface area contributed by atoms with Gasteiger partial charge in [0.1, 0.15) is 0 Å². The second kappa shape index (κ2) is 6.31. The number of carbonyl (C=O) groups is 1. The minimum absolute atomic E-state index is 0.0606. The lowest BCUT2D eigenvalue weighted by Gasteiger charge is -2.31. The number of pyridine rings is 1. The van der Waals surface area contributed by atoms with Gasteiger partial charge in [-0.25, -0.2) is 0 Å². The average molecular weight is 458 g/mol. The molecule has 17 heavy (non-hydrogen) atoms. The fourth-order valence-corrected chi connectivity index (χ4v) is 2.73. The predicted molar refractivity (Wildman–Crippen MR) is 86.1 cm³/mol. The van der Waals surface area contributed by atoms with Gasteiger partial charge in [0.15, 0.2) is 0 Å². The van der Waals surface area contributed by atoms with Gasteiger partial charge in [-0.05, 0) is 72.9 Å². The summed E-state index contributed by atoms with van der Waals surface area (Å²) in [6.45, 7) is 8.14. The molecule has 1 aromatic rings. The summed E-state index contributed by atoms with van der Waals surface area (Å²) in [5, 5.41) is 0. The molecule has 0 aliphatic carbocycles. The Morgan fingerprint density at radius 3 is 2.18 bits per heavy atom. The number of halogens is 2. The smallest absolute Gasteiger partial charge is 0.256 e. The van der Waals surface area contributed by atoms with Crippen LogP contribution in [0.4, 0.5) is 0 Å². The third-order valence-electron chi connectivity index (χ3n) is 2.42. The van der Waals surface area contributed by atoms with Gasteiger partial charge in [0.2, 0.25) is 0 Å². The van der Waals surface area contributed by atoms with Gasteiger partial charge in [-0.2, -0.15) is 0 Å². The fraction of sp³-hybridized carbons (Fsp3) is 0.500. The molecule has 0 fully saturated rings. The summed E-state index contributed by atoms with van der Waals surface area (Å²) in [5.41, 5.74) is 0.694. The van der Waals surface area contributed by atoms with Gasteiger partial charge in [0.25, 0.3) is 5.91 Å². The summed E-state index contributed by atoms with van der Waals surface area (Å²) in [4.78, 5) is 18.5. The minimum atomic E-state index is 0.0606. The van der Waals surface area contributed by atoms with E-state index in [4.69, 9.17) is 0 Å². The largest absolute Gasteiger partial charge is 0.334 e. The van der Waals surface area contributed by atoms with Crippen LogP contribution in [0.25, 0.3) is 0 Å². The van der Waals surface area contributed by atoms with Gasteiger partial charge in [-0.15, -0.1) is 0 Å². The summed E-state index contributed by atoms with van der Waals surface area (Å²) in [6.07, 6.45) is 3.43. The molecule has 0 aromatic carbocycles. The Morgan fingerprint density at radius 1 is 1.18 bits per heavy atom. The number of hydrogen-bond donors (Lipinski definition) is 0. The summed E-state index contributed by atoms with van der Waals surface area (Å²) in [5.74, 6) is 0.0606. The van der Waals surface area contributed by atoms with Crippen molar-refractivity contribution < 1.29 is 4.79 Å². The first-order valence-electron chi connectivity index (χ1n) is 5.48. The van der Waals surface area contributed by atoms with Crippen molar-refractivity contribution in [1.82, 2.24) is 9.88 Å². The Kier molecular flexibility index (Phi) is 5.62. The second-order valence-electron chi connectivity index (χ2n) is 4.38. The zero-order chi connectivity index (χ0) is 13.2. The molecule has 0 saturated carbocycles. The molecule has 5 heteroatoms. The number of nitrogens with zero attached hydrogens (tertiary/aromatic N) is 2. The standard InChI is InChI=1S/C12H16I2N2O/c1-7(2)16(8(3)4)12(17)9-5-15-6-10(13)11(9)14/h5-8H,1-4H3. The van der Waals surface area contributed by atoms with E-state index < -0.39 is 0 Å². The molecule has 0 saturated heterocycles. The van der Waals surface area contributed by atoms with Crippen LogP contribution in [0.1, 0.15) is 38.1 Å². The molecule has 0 atom stereocenters. The third-order valence-corrected chi connectivity index (χ3v) is 5.43. The van der Waals surface area contributed by atoms with Crippen LogP contribution >= 0.6 is 45.2 Å². The van der Waals surface area contributed by atoms with E-state index in [2.05, 4.69) is 50.2 Å². The van der Waals surface area contributed by atoms with E-state index in [0.29, 0.717) is 5.56 Å². The normalized spacial score (nSPS) is 11.1. The maximum Gasteiger partial charge on any atom is 0.256 e. The van der Waals surface area contributed by atoms with E-state index in [1.807, 2.05) is 32.6 Å². The SMILES string of the molecule is CC(C)N(C(=O)c1cncc(I)c1I)C(C)C. The molecule has 3 nitrogen and oxygen atoms in total. The molecule has 0 radical (unpaired) electrons. The molecule has 1 amide bonds. The molecule has 1 heterocycles. The molecule has 0 aliphatic heterocycles. The van der Waals surface area contributed by atoms with E-state index >= 15 is 0 Å². The first kappa shape index (κ1) is 15.1. The van der Waals surface area contributed by atoms with Gasteiger partial charge in [0.05, 0.1) is 5.56 Å². The highest BCUT2D eigenvalue weighted by Crippen LogP contribution is 2.21. The highest BCUT2D eigenvalue weighted by molar-refractivity contribution is 14.1. The Bertz CT molecular complexity index is 411. The molecule has 0 aliphatic rings. The Hall–Kier alpha value is 0.0800. The molecular formula is C12H16I2N2O. The summed E-state index contributed by atoms with van der Waals surface area (Å²) in [6, 6.07) is 0.382. The van der Waals surface area contributed by atoms with Crippen LogP contribution in [-0.4, -0.2) is 27.9 Å². The molecule has 1 aromatic heterocycles.